The molecule has 0 bridgehead atoms. The fraction of sp³-hybridized carbons (Fsp3) is 0.400. The van der Waals surface area contributed by atoms with Crippen molar-refractivity contribution in [3.63, 3.8) is 0 Å². The Labute approximate surface area is 169 Å². The van der Waals surface area contributed by atoms with Gasteiger partial charge in [-0.05, 0) is 61.2 Å². The van der Waals surface area contributed by atoms with E-state index in [9.17, 15) is 9.59 Å². The van der Waals surface area contributed by atoms with E-state index in [1.54, 1.807) is 6.21 Å². The Morgan fingerprint density at radius 1 is 1.29 bits per heavy atom. The average Bonchev–Trinajstić information content (AvgIpc) is 2.96. The first kappa shape index (κ1) is 21.7. The van der Waals surface area contributed by atoms with Crippen LogP contribution in [-0.2, 0) is 14.3 Å². The van der Waals surface area contributed by atoms with E-state index >= 15 is 0 Å². The van der Waals surface area contributed by atoms with Gasteiger partial charge in [0.2, 0.25) is 0 Å². The summed E-state index contributed by atoms with van der Waals surface area (Å²) in [4.78, 5) is 23.3. The van der Waals surface area contributed by atoms with Crippen LogP contribution in [0, 0.1) is 19.8 Å². The Balaban J connectivity index is 2.06. The zero-order valence-electron chi connectivity index (χ0n) is 16.7. The van der Waals surface area contributed by atoms with E-state index in [1.807, 2.05) is 26.0 Å². The Hall–Kier alpha value is -2.61. The minimum absolute atomic E-state index is 0.219. The molecule has 28 heavy (non-hydrogen) atoms. The lowest BCUT2D eigenvalue weighted by Crippen LogP contribution is -2.19. The Bertz CT molecular complexity index is 821. The number of hydrogen-bond acceptors (Lipinski definition) is 7. The summed E-state index contributed by atoms with van der Waals surface area (Å²) in [5, 5.41) is 11.0. The second-order valence-corrected chi connectivity index (χ2v) is 7.77. The van der Waals surface area contributed by atoms with Crippen molar-refractivity contribution < 1.29 is 19.1 Å². The first-order chi connectivity index (χ1) is 13.3. The van der Waals surface area contributed by atoms with Crippen LogP contribution in [0.2, 0.25) is 0 Å². The van der Waals surface area contributed by atoms with Crippen molar-refractivity contribution in [1.82, 2.24) is 5.32 Å². The summed E-state index contributed by atoms with van der Waals surface area (Å²) in [6.07, 6.45) is 3.78. The summed E-state index contributed by atoms with van der Waals surface area (Å²) in [5.74, 6) is 0.448. The lowest BCUT2D eigenvalue weighted by Gasteiger charge is -2.11. The topological polar surface area (TPSA) is 89.3 Å². The van der Waals surface area contributed by atoms with Gasteiger partial charge in [-0.25, -0.2) is 4.79 Å². The number of ether oxygens (including phenoxy) is 2. The minimum atomic E-state index is -0.593. The van der Waals surface area contributed by atoms with Crippen LogP contribution in [0.4, 0.5) is 0 Å². The van der Waals surface area contributed by atoms with E-state index in [0.717, 1.165) is 46.7 Å². The van der Waals surface area contributed by atoms with E-state index < -0.39 is 11.9 Å². The van der Waals surface area contributed by atoms with Crippen molar-refractivity contribution in [2.24, 2.45) is 16.1 Å². The third-order valence-electron chi connectivity index (χ3n) is 3.97. The number of carbonyl (C=O) groups excluding carboxylic acids is 2. The Morgan fingerprint density at radius 3 is 2.57 bits per heavy atom. The van der Waals surface area contributed by atoms with Gasteiger partial charge in [-0.2, -0.15) is 5.10 Å². The molecule has 1 aliphatic heterocycles. The summed E-state index contributed by atoms with van der Waals surface area (Å²) < 4.78 is 10.3. The van der Waals surface area contributed by atoms with Crippen LogP contribution in [0.25, 0.3) is 0 Å². The predicted molar refractivity (Wildman–Crippen MR) is 112 cm³/mol. The van der Waals surface area contributed by atoms with E-state index in [4.69, 9.17) is 4.74 Å². The number of aryl methyl sites for hydroxylation is 2. The van der Waals surface area contributed by atoms with Gasteiger partial charge < -0.3 is 9.47 Å². The second-order valence-electron chi connectivity index (χ2n) is 6.74. The van der Waals surface area contributed by atoms with Crippen LogP contribution in [0.15, 0.2) is 33.3 Å². The Kier molecular flexibility index (Phi) is 7.80. The van der Waals surface area contributed by atoms with E-state index in [2.05, 4.69) is 34.1 Å². The van der Waals surface area contributed by atoms with Crippen LogP contribution < -0.4 is 10.1 Å². The lowest BCUT2D eigenvalue weighted by molar-refractivity contribution is -0.135. The Morgan fingerprint density at radius 2 is 1.96 bits per heavy atom. The maximum atomic E-state index is 11.8. The molecule has 1 saturated heterocycles. The molecule has 7 nitrogen and oxygen atoms in total. The second kappa shape index (κ2) is 10.1. The molecule has 0 unspecified atom stereocenters. The standard InChI is InChI=1S/C20H25N3O4S/c1-12(2)6-7-27-15-8-13(3)16(14(4)9-15)11-21-23-20-22-19(25)17(28-20)10-18(24)26-5/h8-12H,6-7H2,1-5H3,(H,22,23,25)/b17-10+,21-11?. The number of benzene rings is 1. The smallest absolute Gasteiger partial charge is 0.331 e. The van der Waals surface area contributed by atoms with Crippen LogP contribution in [0.3, 0.4) is 0 Å². The molecule has 1 aromatic rings. The first-order valence-electron chi connectivity index (χ1n) is 8.94. The normalized spacial score (nSPS) is 17.0. The third-order valence-corrected chi connectivity index (χ3v) is 4.87. The first-order valence-corrected chi connectivity index (χ1v) is 9.75. The highest BCUT2D eigenvalue weighted by molar-refractivity contribution is 8.18. The van der Waals surface area contributed by atoms with Gasteiger partial charge >= 0.3 is 5.97 Å². The molecular weight excluding hydrogens is 378 g/mol. The number of nitrogens with zero attached hydrogens (tertiary/aromatic N) is 2. The molecule has 1 heterocycles. The van der Waals surface area contributed by atoms with Gasteiger partial charge in [0.25, 0.3) is 5.91 Å². The quantitative estimate of drug-likeness (QED) is 0.326. The summed E-state index contributed by atoms with van der Waals surface area (Å²) in [6.45, 7) is 9.00. The molecule has 0 atom stereocenters. The number of thioether (sulfide) groups is 1. The molecule has 1 aliphatic rings. The lowest BCUT2D eigenvalue weighted by atomic mass is 10.0. The van der Waals surface area contributed by atoms with Gasteiger partial charge in [-0.3, -0.25) is 10.1 Å². The minimum Gasteiger partial charge on any atom is -0.494 e. The highest BCUT2D eigenvalue weighted by Gasteiger charge is 2.25. The van der Waals surface area contributed by atoms with Gasteiger partial charge in [-0.1, -0.05) is 13.8 Å². The predicted octanol–water partition coefficient (Wildman–Crippen LogP) is 3.34. The zero-order valence-corrected chi connectivity index (χ0v) is 17.6. The van der Waals surface area contributed by atoms with E-state index in [1.165, 1.54) is 7.11 Å². The molecule has 1 N–H and O–H groups in total. The number of methoxy groups -OCH3 is 1. The highest BCUT2D eigenvalue weighted by Crippen LogP contribution is 2.24. The molecule has 1 fully saturated rings. The van der Waals surface area contributed by atoms with Crippen molar-refractivity contribution in [3.8, 4) is 5.75 Å². The molecule has 8 heteroatoms. The maximum absolute atomic E-state index is 11.8. The number of carbonyl (C=O) groups is 2. The average molecular weight is 404 g/mol. The van der Waals surface area contributed by atoms with E-state index in [-0.39, 0.29) is 4.91 Å². The van der Waals surface area contributed by atoms with Crippen LogP contribution in [-0.4, -0.2) is 37.0 Å². The fourth-order valence-corrected chi connectivity index (χ4v) is 3.15. The highest BCUT2D eigenvalue weighted by atomic mass is 32.2. The molecular formula is C20H25N3O4S. The van der Waals surface area contributed by atoms with Crippen LogP contribution in [0.5, 0.6) is 5.75 Å². The molecule has 0 aliphatic carbocycles. The fourth-order valence-electron chi connectivity index (χ4n) is 2.41. The van der Waals surface area contributed by atoms with Crippen molar-refractivity contribution in [2.75, 3.05) is 13.7 Å². The number of hydrogen-bond donors (Lipinski definition) is 1. The molecule has 1 aromatic carbocycles. The van der Waals surface area contributed by atoms with E-state index in [0.29, 0.717) is 17.7 Å². The number of nitrogens with one attached hydrogen (secondary N) is 1. The summed E-state index contributed by atoms with van der Waals surface area (Å²) in [7, 11) is 1.25. The van der Waals surface area contributed by atoms with Gasteiger partial charge in [0.1, 0.15) is 5.75 Å². The molecule has 0 aromatic heterocycles. The third kappa shape index (κ3) is 6.23. The summed E-state index contributed by atoms with van der Waals surface area (Å²) in [5.41, 5.74) is 3.00. The van der Waals surface area contributed by atoms with Crippen molar-refractivity contribution in [3.05, 3.63) is 39.8 Å². The maximum Gasteiger partial charge on any atom is 0.331 e. The number of amidine groups is 1. The molecule has 0 saturated carbocycles. The van der Waals surface area contributed by atoms with Crippen molar-refractivity contribution in [2.45, 2.75) is 34.1 Å². The number of amides is 1. The summed E-state index contributed by atoms with van der Waals surface area (Å²) >= 11 is 1.04. The van der Waals surface area contributed by atoms with Crippen molar-refractivity contribution >= 4 is 35.0 Å². The molecule has 2 rings (SSSR count). The van der Waals surface area contributed by atoms with Crippen LogP contribution in [0.1, 0.15) is 37.0 Å². The zero-order chi connectivity index (χ0) is 20.7. The van der Waals surface area contributed by atoms with Crippen LogP contribution >= 0.6 is 11.8 Å². The summed E-state index contributed by atoms with van der Waals surface area (Å²) in [6, 6.07) is 3.95. The largest absolute Gasteiger partial charge is 0.494 e. The van der Waals surface area contributed by atoms with Gasteiger partial charge in [0.15, 0.2) is 5.17 Å². The van der Waals surface area contributed by atoms with Crippen molar-refractivity contribution in [1.29, 1.82) is 0 Å². The number of rotatable bonds is 7. The van der Waals surface area contributed by atoms with Gasteiger partial charge in [0, 0.05) is 11.6 Å². The van der Waals surface area contributed by atoms with Gasteiger partial charge in [-0.15, -0.1) is 5.10 Å². The SMILES string of the molecule is COC(=O)/C=C1/S/C(=N\N=Cc2c(C)cc(OCCC(C)C)cc2C)NC1=O. The molecule has 1 amide bonds. The molecule has 150 valence electrons. The van der Waals surface area contributed by atoms with Gasteiger partial charge in [0.05, 0.1) is 24.8 Å². The molecule has 0 spiro atoms. The molecule has 0 radical (unpaired) electrons. The number of esters is 1. The monoisotopic (exact) mass is 403 g/mol.